The van der Waals surface area contributed by atoms with E-state index in [1.54, 1.807) is 19.2 Å². The molecule has 1 aliphatic rings. The molecule has 2 aromatic carbocycles. The Hall–Kier alpha value is -3.22. The highest BCUT2D eigenvalue weighted by Gasteiger charge is 2.20. The van der Waals surface area contributed by atoms with Gasteiger partial charge in [-0.05, 0) is 30.7 Å². The Bertz CT molecular complexity index is 795. The number of benzene rings is 2. The van der Waals surface area contributed by atoms with Crippen molar-refractivity contribution >= 4 is 11.9 Å². The maximum atomic E-state index is 12.0. The minimum atomic E-state index is -0.0846. The Morgan fingerprint density at radius 3 is 2.50 bits per heavy atom. The maximum absolute atomic E-state index is 12.0. The summed E-state index contributed by atoms with van der Waals surface area (Å²) in [5.74, 6) is 2.17. The van der Waals surface area contributed by atoms with Gasteiger partial charge in [0.05, 0.1) is 6.54 Å². The number of ether oxygens (including phenoxy) is 2. The third-order valence-electron chi connectivity index (χ3n) is 4.26. The highest BCUT2D eigenvalue weighted by molar-refractivity contribution is 5.94. The van der Waals surface area contributed by atoms with Gasteiger partial charge in [0, 0.05) is 25.7 Å². The molecule has 0 bridgehead atoms. The van der Waals surface area contributed by atoms with E-state index in [-0.39, 0.29) is 12.0 Å². The summed E-state index contributed by atoms with van der Waals surface area (Å²) in [6, 6.07) is 16.8. The van der Waals surface area contributed by atoms with E-state index in [2.05, 4.69) is 20.9 Å². The molecular weight excluding hydrogens is 356 g/mol. The van der Waals surface area contributed by atoms with Gasteiger partial charge < -0.3 is 25.4 Å². The summed E-state index contributed by atoms with van der Waals surface area (Å²) in [4.78, 5) is 16.2. The van der Waals surface area contributed by atoms with Crippen molar-refractivity contribution in [3.05, 3.63) is 60.2 Å². The third-order valence-corrected chi connectivity index (χ3v) is 4.26. The first-order valence-electron chi connectivity index (χ1n) is 9.42. The van der Waals surface area contributed by atoms with Crippen LogP contribution in [0.3, 0.4) is 0 Å². The molecule has 0 aliphatic carbocycles. The summed E-state index contributed by atoms with van der Waals surface area (Å²) in [6.45, 7) is 2.36. The lowest BCUT2D eigenvalue weighted by Crippen LogP contribution is -2.45. The highest BCUT2D eigenvalue weighted by atomic mass is 16.6. The fourth-order valence-electron chi connectivity index (χ4n) is 2.78. The molecule has 1 atom stereocenters. The zero-order chi connectivity index (χ0) is 19.6. The van der Waals surface area contributed by atoms with Crippen LogP contribution in [0.2, 0.25) is 0 Å². The van der Waals surface area contributed by atoms with Crippen molar-refractivity contribution in [2.45, 2.75) is 12.5 Å². The van der Waals surface area contributed by atoms with Crippen molar-refractivity contribution in [1.82, 2.24) is 16.0 Å². The molecule has 7 nitrogen and oxygen atoms in total. The fraction of sp³-hybridized carbons (Fsp3) is 0.333. The minimum absolute atomic E-state index is 0.0576. The van der Waals surface area contributed by atoms with Gasteiger partial charge in [0.1, 0.15) is 12.7 Å². The Morgan fingerprint density at radius 1 is 1.00 bits per heavy atom. The monoisotopic (exact) mass is 382 g/mol. The van der Waals surface area contributed by atoms with Crippen molar-refractivity contribution in [2.24, 2.45) is 4.99 Å². The average Bonchev–Trinajstić information content (AvgIpc) is 2.76. The lowest BCUT2D eigenvalue weighted by Gasteiger charge is -2.27. The number of amides is 1. The summed E-state index contributed by atoms with van der Waals surface area (Å²) >= 11 is 0. The van der Waals surface area contributed by atoms with Crippen LogP contribution in [0.1, 0.15) is 16.8 Å². The van der Waals surface area contributed by atoms with Crippen molar-refractivity contribution < 1.29 is 14.3 Å². The second-order valence-electron chi connectivity index (χ2n) is 6.35. The second-order valence-corrected chi connectivity index (χ2v) is 6.35. The number of rotatable bonds is 7. The third kappa shape index (κ3) is 5.64. The summed E-state index contributed by atoms with van der Waals surface area (Å²) in [6.07, 6.45) is 0.703. The smallest absolute Gasteiger partial charge is 0.251 e. The van der Waals surface area contributed by atoms with E-state index in [1.807, 2.05) is 42.5 Å². The van der Waals surface area contributed by atoms with Gasteiger partial charge in [-0.3, -0.25) is 9.79 Å². The summed E-state index contributed by atoms with van der Waals surface area (Å²) < 4.78 is 11.6. The average molecular weight is 382 g/mol. The van der Waals surface area contributed by atoms with Crippen LogP contribution in [0.25, 0.3) is 0 Å². The van der Waals surface area contributed by atoms with E-state index in [1.165, 1.54) is 0 Å². The van der Waals surface area contributed by atoms with Gasteiger partial charge in [0.15, 0.2) is 17.5 Å². The van der Waals surface area contributed by atoms with Crippen LogP contribution in [-0.2, 0) is 0 Å². The van der Waals surface area contributed by atoms with Gasteiger partial charge in [-0.2, -0.15) is 0 Å². The number of hydrogen-bond donors (Lipinski definition) is 3. The largest absolute Gasteiger partial charge is 0.486 e. The number of guanidine groups is 1. The van der Waals surface area contributed by atoms with Gasteiger partial charge in [-0.1, -0.05) is 30.3 Å². The van der Waals surface area contributed by atoms with E-state index in [0.717, 1.165) is 17.9 Å². The number of fused-ring (bicyclic) bond motifs is 1. The van der Waals surface area contributed by atoms with E-state index >= 15 is 0 Å². The number of carbonyl (C=O) groups excluding carboxylic acids is 1. The zero-order valence-corrected chi connectivity index (χ0v) is 16.0. The molecule has 7 heteroatoms. The van der Waals surface area contributed by atoms with Gasteiger partial charge in [0.2, 0.25) is 0 Å². The highest BCUT2D eigenvalue weighted by Crippen LogP contribution is 2.30. The van der Waals surface area contributed by atoms with Crippen LogP contribution in [-0.4, -0.2) is 51.3 Å². The lowest BCUT2D eigenvalue weighted by molar-refractivity contribution is 0.0936. The van der Waals surface area contributed by atoms with E-state index in [0.29, 0.717) is 37.8 Å². The minimum Gasteiger partial charge on any atom is -0.486 e. The number of nitrogens with zero attached hydrogens (tertiary/aromatic N) is 1. The Morgan fingerprint density at radius 2 is 1.71 bits per heavy atom. The molecule has 0 fully saturated rings. The van der Waals surface area contributed by atoms with Gasteiger partial charge in [-0.15, -0.1) is 0 Å². The molecule has 0 radical (unpaired) electrons. The molecule has 3 rings (SSSR count). The van der Waals surface area contributed by atoms with Gasteiger partial charge in [0.25, 0.3) is 5.91 Å². The van der Waals surface area contributed by atoms with Crippen LogP contribution >= 0.6 is 0 Å². The first-order chi connectivity index (χ1) is 13.8. The summed E-state index contributed by atoms with van der Waals surface area (Å²) in [5.41, 5.74) is 0.671. The number of para-hydroxylation sites is 2. The van der Waals surface area contributed by atoms with Crippen molar-refractivity contribution in [1.29, 1.82) is 0 Å². The van der Waals surface area contributed by atoms with Crippen LogP contribution in [0.4, 0.5) is 0 Å². The quantitative estimate of drug-likeness (QED) is 0.386. The standard InChI is InChI=1S/C21H26N4O3/c1-22-21(24-13-7-12-23-20(26)16-8-3-2-4-9-16)25-14-17-15-27-18-10-5-6-11-19(18)28-17/h2-6,8-11,17H,7,12-15H2,1H3,(H,23,26)(H2,22,24,25). The normalized spacial score (nSPS) is 15.6. The number of hydrogen-bond acceptors (Lipinski definition) is 4. The van der Waals surface area contributed by atoms with Crippen molar-refractivity contribution in [3.8, 4) is 11.5 Å². The van der Waals surface area contributed by atoms with E-state index in [9.17, 15) is 4.79 Å². The molecule has 28 heavy (non-hydrogen) atoms. The Kier molecular flexibility index (Phi) is 7.12. The molecule has 1 unspecified atom stereocenters. The molecule has 2 aromatic rings. The second kappa shape index (κ2) is 10.2. The summed E-state index contributed by atoms with van der Waals surface area (Å²) in [7, 11) is 1.72. The van der Waals surface area contributed by atoms with Crippen molar-refractivity contribution in [2.75, 3.05) is 33.3 Å². The van der Waals surface area contributed by atoms with E-state index in [4.69, 9.17) is 9.47 Å². The summed E-state index contributed by atoms with van der Waals surface area (Å²) in [5, 5.41) is 9.38. The van der Waals surface area contributed by atoms with Crippen LogP contribution < -0.4 is 25.4 Å². The maximum Gasteiger partial charge on any atom is 0.251 e. The molecule has 1 heterocycles. The lowest BCUT2D eigenvalue weighted by atomic mass is 10.2. The van der Waals surface area contributed by atoms with Crippen LogP contribution in [0.5, 0.6) is 11.5 Å². The molecule has 1 aliphatic heterocycles. The van der Waals surface area contributed by atoms with Crippen molar-refractivity contribution in [3.63, 3.8) is 0 Å². The molecule has 0 spiro atoms. The SMILES string of the molecule is CN=C(NCCCNC(=O)c1ccccc1)NCC1COc2ccccc2O1. The predicted octanol–water partition coefficient (Wildman–Crippen LogP) is 1.81. The molecular formula is C21H26N4O3. The molecule has 0 aromatic heterocycles. The topological polar surface area (TPSA) is 84.0 Å². The molecule has 148 valence electrons. The number of aliphatic imine (C=N–C) groups is 1. The fourth-order valence-corrected chi connectivity index (χ4v) is 2.78. The van der Waals surface area contributed by atoms with Crippen LogP contribution in [0, 0.1) is 0 Å². The molecule has 3 N–H and O–H groups in total. The van der Waals surface area contributed by atoms with E-state index < -0.39 is 0 Å². The van der Waals surface area contributed by atoms with Gasteiger partial charge in [-0.25, -0.2) is 0 Å². The predicted molar refractivity (Wildman–Crippen MR) is 109 cm³/mol. The first kappa shape index (κ1) is 19.5. The molecule has 1 amide bonds. The Balaban J connectivity index is 1.31. The number of nitrogens with one attached hydrogen (secondary N) is 3. The van der Waals surface area contributed by atoms with Crippen LogP contribution in [0.15, 0.2) is 59.6 Å². The molecule has 0 saturated carbocycles. The Labute approximate surface area is 165 Å². The first-order valence-corrected chi connectivity index (χ1v) is 9.42. The zero-order valence-electron chi connectivity index (χ0n) is 16.0. The van der Waals surface area contributed by atoms with Gasteiger partial charge >= 0.3 is 0 Å². The molecule has 0 saturated heterocycles. The number of carbonyl (C=O) groups is 1.